The molecule has 1 atom stereocenters. The molecule has 118 valence electrons. The number of rotatable bonds is 4. The molecule has 22 heavy (non-hydrogen) atoms. The highest BCUT2D eigenvalue weighted by Gasteiger charge is 2.40. The molecular formula is C15H18BrN3O3. The number of aryl methyl sites for hydroxylation is 1. The average Bonchev–Trinajstić information content (AvgIpc) is 2.70. The minimum atomic E-state index is -0.560. The van der Waals surface area contributed by atoms with Crippen LogP contribution in [0.4, 0.5) is 10.5 Å². The lowest BCUT2D eigenvalue weighted by molar-refractivity contribution is -0.131. The fourth-order valence-corrected chi connectivity index (χ4v) is 2.72. The van der Waals surface area contributed by atoms with E-state index in [0.29, 0.717) is 5.69 Å². The molecule has 0 radical (unpaired) electrons. The third-order valence-corrected chi connectivity index (χ3v) is 3.98. The molecule has 0 unspecified atom stereocenters. The Balaban J connectivity index is 2.03. The predicted octanol–water partition coefficient (Wildman–Crippen LogP) is 2.27. The Morgan fingerprint density at radius 1 is 1.41 bits per heavy atom. The number of nitrogens with one attached hydrogen (secondary N) is 2. The molecule has 1 aliphatic heterocycles. The maximum atomic E-state index is 12.1. The van der Waals surface area contributed by atoms with E-state index in [-0.39, 0.29) is 18.4 Å². The van der Waals surface area contributed by atoms with Crippen LogP contribution in [0.3, 0.4) is 0 Å². The van der Waals surface area contributed by atoms with Crippen molar-refractivity contribution < 1.29 is 14.4 Å². The number of anilines is 1. The molecule has 0 bridgehead atoms. The first-order valence-corrected chi connectivity index (χ1v) is 7.76. The van der Waals surface area contributed by atoms with Crippen LogP contribution in [-0.2, 0) is 9.59 Å². The maximum Gasteiger partial charge on any atom is 0.325 e. The number of hydrogen-bond acceptors (Lipinski definition) is 3. The van der Waals surface area contributed by atoms with Gasteiger partial charge in [0.2, 0.25) is 5.91 Å². The van der Waals surface area contributed by atoms with E-state index in [0.717, 1.165) is 14.9 Å². The molecule has 1 heterocycles. The van der Waals surface area contributed by atoms with Gasteiger partial charge in [0.1, 0.15) is 12.6 Å². The second-order valence-corrected chi connectivity index (χ2v) is 6.52. The van der Waals surface area contributed by atoms with E-state index >= 15 is 0 Å². The summed E-state index contributed by atoms with van der Waals surface area (Å²) in [7, 11) is 0. The van der Waals surface area contributed by atoms with Crippen molar-refractivity contribution in [2.24, 2.45) is 5.92 Å². The molecule has 0 aliphatic carbocycles. The lowest BCUT2D eigenvalue weighted by Gasteiger charge is -2.15. The highest BCUT2D eigenvalue weighted by molar-refractivity contribution is 9.10. The van der Waals surface area contributed by atoms with Crippen LogP contribution in [0.15, 0.2) is 22.7 Å². The summed E-state index contributed by atoms with van der Waals surface area (Å²) in [6.45, 7) is 5.27. The molecule has 7 heteroatoms. The highest BCUT2D eigenvalue weighted by atomic mass is 79.9. The van der Waals surface area contributed by atoms with Gasteiger partial charge in [0, 0.05) is 10.2 Å². The Hall–Kier alpha value is -1.89. The molecule has 0 spiro atoms. The number of urea groups is 1. The number of imide groups is 1. The molecule has 1 aromatic rings. The molecular weight excluding hydrogens is 350 g/mol. The van der Waals surface area contributed by atoms with Gasteiger partial charge in [0.05, 0.1) is 0 Å². The summed E-state index contributed by atoms with van der Waals surface area (Å²) in [5, 5.41) is 5.31. The Labute approximate surface area is 137 Å². The summed E-state index contributed by atoms with van der Waals surface area (Å²) in [4.78, 5) is 36.9. The Morgan fingerprint density at radius 2 is 2.09 bits per heavy atom. The maximum absolute atomic E-state index is 12.1. The third-order valence-electron chi connectivity index (χ3n) is 3.49. The van der Waals surface area contributed by atoms with Gasteiger partial charge in [-0.05, 0) is 36.6 Å². The highest BCUT2D eigenvalue weighted by Crippen LogP contribution is 2.20. The van der Waals surface area contributed by atoms with Crippen LogP contribution in [0.2, 0.25) is 0 Å². The fraction of sp³-hybridized carbons (Fsp3) is 0.400. The van der Waals surface area contributed by atoms with E-state index in [2.05, 4.69) is 26.6 Å². The van der Waals surface area contributed by atoms with E-state index in [1.807, 2.05) is 32.9 Å². The normalized spacial score (nSPS) is 17.9. The van der Waals surface area contributed by atoms with Crippen LogP contribution in [0.25, 0.3) is 0 Å². The van der Waals surface area contributed by atoms with Gasteiger partial charge in [-0.1, -0.05) is 29.8 Å². The second-order valence-electron chi connectivity index (χ2n) is 5.60. The van der Waals surface area contributed by atoms with Gasteiger partial charge >= 0.3 is 6.03 Å². The molecule has 0 saturated carbocycles. The van der Waals surface area contributed by atoms with Crippen molar-refractivity contribution in [3.8, 4) is 0 Å². The molecule has 1 aliphatic rings. The van der Waals surface area contributed by atoms with E-state index in [1.165, 1.54) is 0 Å². The van der Waals surface area contributed by atoms with Gasteiger partial charge < -0.3 is 10.6 Å². The first-order valence-electron chi connectivity index (χ1n) is 6.97. The summed E-state index contributed by atoms with van der Waals surface area (Å²) in [6, 6.07) is 4.37. The Kier molecular flexibility index (Phi) is 4.85. The van der Waals surface area contributed by atoms with Gasteiger partial charge in [-0.15, -0.1) is 0 Å². The molecule has 2 N–H and O–H groups in total. The lowest BCUT2D eigenvalue weighted by atomic mass is 10.1. The van der Waals surface area contributed by atoms with Crippen molar-refractivity contribution in [1.29, 1.82) is 0 Å². The number of carbonyl (C=O) groups is 3. The standard InChI is InChI=1S/C15H18BrN3O3/c1-8(2)13-14(21)19(15(22)18-13)7-12(20)17-11-5-4-10(16)6-9(11)3/h4-6,8,13H,7H2,1-3H3,(H,17,20)(H,18,22)/t13-/m1/s1. The predicted molar refractivity (Wildman–Crippen MR) is 86.4 cm³/mol. The minimum Gasteiger partial charge on any atom is -0.326 e. The molecule has 2 rings (SSSR count). The van der Waals surface area contributed by atoms with Crippen LogP contribution in [0, 0.1) is 12.8 Å². The number of amides is 4. The summed E-state index contributed by atoms with van der Waals surface area (Å²) in [5.41, 5.74) is 1.54. The van der Waals surface area contributed by atoms with Gasteiger partial charge in [-0.3, -0.25) is 14.5 Å². The first kappa shape index (κ1) is 16.5. The SMILES string of the molecule is Cc1cc(Br)ccc1NC(=O)CN1C(=O)N[C@H](C(C)C)C1=O. The zero-order valence-electron chi connectivity index (χ0n) is 12.6. The van der Waals surface area contributed by atoms with Gasteiger partial charge in [-0.2, -0.15) is 0 Å². The topological polar surface area (TPSA) is 78.5 Å². The smallest absolute Gasteiger partial charge is 0.325 e. The van der Waals surface area contributed by atoms with Crippen molar-refractivity contribution in [2.45, 2.75) is 26.8 Å². The summed E-state index contributed by atoms with van der Waals surface area (Å²) < 4.78 is 0.914. The molecule has 1 aromatic carbocycles. The minimum absolute atomic E-state index is 0.0155. The number of nitrogens with zero attached hydrogens (tertiary/aromatic N) is 1. The van der Waals surface area contributed by atoms with E-state index in [4.69, 9.17) is 0 Å². The van der Waals surface area contributed by atoms with E-state index < -0.39 is 18.0 Å². The van der Waals surface area contributed by atoms with Crippen molar-refractivity contribution in [1.82, 2.24) is 10.2 Å². The zero-order valence-corrected chi connectivity index (χ0v) is 14.2. The quantitative estimate of drug-likeness (QED) is 0.801. The van der Waals surface area contributed by atoms with Crippen LogP contribution in [-0.4, -0.2) is 35.3 Å². The number of halogens is 1. The van der Waals surface area contributed by atoms with Crippen LogP contribution < -0.4 is 10.6 Å². The summed E-state index contributed by atoms with van der Waals surface area (Å²) in [6.07, 6.45) is 0. The van der Waals surface area contributed by atoms with Crippen molar-refractivity contribution >= 4 is 39.5 Å². The number of benzene rings is 1. The van der Waals surface area contributed by atoms with Gasteiger partial charge in [-0.25, -0.2) is 4.79 Å². The number of hydrogen-bond donors (Lipinski definition) is 2. The lowest BCUT2D eigenvalue weighted by Crippen LogP contribution is -2.39. The van der Waals surface area contributed by atoms with Crippen LogP contribution in [0.1, 0.15) is 19.4 Å². The Bertz CT molecular complexity index is 630. The second kappa shape index (κ2) is 6.48. The fourth-order valence-electron chi connectivity index (χ4n) is 2.24. The molecule has 4 amide bonds. The average molecular weight is 368 g/mol. The third kappa shape index (κ3) is 3.47. The van der Waals surface area contributed by atoms with Crippen molar-refractivity contribution in [3.05, 3.63) is 28.2 Å². The van der Waals surface area contributed by atoms with E-state index in [9.17, 15) is 14.4 Å². The first-order chi connectivity index (χ1) is 10.3. The molecule has 1 saturated heterocycles. The Morgan fingerprint density at radius 3 is 2.64 bits per heavy atom. The molecule has 1 fully saturated rings. The molecule has 0 aromatic heterocycles. The largest absolute Gasteiger partial charge is 0.326 e. The van der Waals surface area contributed by atoms with Crippen molar-refractivity contribution in [2.75, 3.05) is 11.9 Å². The number of carbonyl (C=O) groups excluding carboxylic acids is 3. The van der Waals surface area contributed by atoms with Crippen LogP contribution in [0.5, 0.6) is 0 Å². The molecule has 6 nitrogen and oxygen atoms in total. The zero-order chi connectivity index (χ0) is 16.4. The monoisotopic (exact) mass is 367 g/mol. The van der Waals surface area contributed by atoms with E-state index in [1.54, 1.807) is 6.07 Å². The summed E-state index contributed by atoms with van der Waals surface area (Å²) >= 11 is 3.35. The van der Waals surface area contributed by atoms with Crippen LogP contribution >= 0.6 is 15.9 Å². The summed E-state index contributed by atoms with van der Waals surface area (Å²) in [5.74, 6) is -0.778. The van der Waals surface area contributed by atoms with Gasteiger partial charge in [0.15, 0.2) is 0 Å². The van der Waals surface area contributed by atoms with Crippen molar-refractivity contribution in [3.63, 3.8) is 0 Å². The van der Waals surface area contributed by atoms with Gasteiger partial charge in [0.25, 0.3) is 5.91 Å².